The predicted octanol–water partition coefficient (Wildman–Crippen LogP) is 4.36. The summed E-state index contributed by atoms with van der Waals surface area (Å²) in [7, 11) is 2.18. The molecule has 2 aliphatic rings. The first-order valence-electron chi connectivity index (χ1n) is 15.3. The summed E-state index contributed by atoms with van der Waals surface area (Å²) in [6.07, 6.45) is 2.37. The molecule has 2 aromatic heterocycles. The van der Waals surface area contributed by atoms with E-state index in [1.807, 2.05) is 35.4 Å². The number of aromatic nitrogens is 3. The molecule has 0 aliphatic carbocycles. The summed E-state index contributed by atoms with van der Waals surface area (Å²) in [4.78, 5) is 42.1. The third kappa shape index (κ3) is 7.14. The summed E-state index contributed by atoms with van der Waals surface area (Å²) in [5, 5.41) is 5.85. The number of likely N-dealkylation sites (N-methyl/N-ethyl adjacent to an activating group) is 1. The number of piperazine rings is 1. The van der Waals surface area contributed by atoms with Crippen LogP contribution in [0, 0.1) is 6.92 Å². The number of rotatable bonds is 10. The molecule has 0 spiro atoms. The minimum atomic E-state index is -0.119. The number of nitrogens with zero attached hydrogens (tertiary/aromatic N) is 6. The number of para-hydroxylation sites is 2. The molecule has 0 bridgehead atoms. The summed E-state index contributed by atoms with van der Waals surface area (Å²) in [6.45, 7) is 9.09. The smallest absolute Gasteiger partial charge is 0.223 e. The number of hydrogen-bond donors (Lipinski definition) is 1. The first kappa shape index (κ1) is 29.5. The van der Waals surface area contributed by atoms with Gasteiger partial charge in [-0.2, -0.15) is 0 Å². The number of aryl methyl sites for hydroxylation is 1. The molecule has 4 aromatic rings. The number of hydrogen-bond acceptors (Lipinski definition) is 7. The van der Waals surface area contributed by atoms with E-state index in [2.05, 4.69) is 62.0 Å². The van der Waals surface area contributed by atoms with E-state index >= 15 is 0 Å². The number of carbonyl (C=O) groups is 2. The lowest BCUT2D eigenvalue weighted by molar-refractivity contribution is -0.134. The van der Waals surface area contributed by atoms with E-state index in [0.717, 1.165) is 79.7 Å². The monoisotopic (exact) mass is 599 g/mol. The van der Waals surface area contributed by atoms with Gasteiger partial charge in [-0.1, -0.05) is 36.4 Å². The maximum atomic E-state index is 13.2. The standard InChI is InChI=1S/C33H41N7O2S/c1-24-35-28-9-3-4-10-30(28)40(24)22-27-23-43-32(36-27)20-34-31(41)12-13-33(42)39-14-6-11-29(39)26-8-5-7-25(19-26)21-38-17-15-37(2)16-18-38/h3-5,7-10,19,23,29H,6,11-18,20-22H2,1-2H3,(H,34,41). The molecule has 10 heteroatoms. The van der Waals surface area contributed by atoms with Crippen LogP contribution in [-0.2, 0) is 29.2 Å². The number of carbonyl (C=O) groups excluding carboxylic acids is 2. The third-order valence-electron chi connectivity index (χ3n) is 8.68. The molecule has 2 aliphatic heterocycles. The third-order valence-corrected chi connectivity index (χ3v) is 9.58. The lowest BCUT2D eigenvalue weighted by Gasteiger charge is -2.32. The zero-order chi connectivity index (χ0) is 29.8. The van der Waals surface area contributed by atoms with Crippen molar-refractivity contribution in [1.29, 1.82) is 0 Å². The quantitative estimate of drug-likeness (QED) is 0.292. The van der Waals surface area contributed by atoms with Crippen molar-refractivity contribution in [3.05, 3.63) is 81.6 Å². The van der Waals surface area contributed by atoms with Crippen molar-refractivity contribution in [3.8, 4) is 0 Å². The summed E-state index contributed by atoms with van der Waals surface area (Å²) in [5.41, 5.74) is 5.53. The van der Waals surface area contributed by atoms with Crippen LogP contribution in [0.5, 0.6) is 0 Å². The van der Waals surface area contributed by atoms with Gasteiger partial charge in [0.15, 0.2) is 0 Å². The van der Waals surface area contributed by atoms with E-state index in [4.69, 9.17) is 4.98 Å². The van der Waals surface area contributed by atoms with Gasteiger partial charge in [0.25, 0.3) is 0 Å². The predicted molar refractivity (Wildman–Crippen MR) is 170 cm³/mol. The first-order valence-corrected chi connectivity index (χ1v) is 16.2. The lowest BCUT2D eigenvalue weighted by atomic mass is 10.0. The molecule has 2 fully saturated rings. The zero-order valence-corrected chi connectivity index (χ0v) is 26.0. The van der Waals surface area contributed by atoms with Gasteiger partial charge in [0.1, 0.15) is 10.8 Å². The first-order chi connectivity index (χ1) is 20.9. The van der Waals surface area contributed by atoms with E-state index in [9.17, 15) is 9.59 Å². The van der Waals surface area contributed by atoms with Gasteiger partial charge in [0.2, 0.25) is 11.8 Å². The van der Waals surface area contributed by atoms with Crippen LogP contribution in [-0.4, -0.2) is 80.8 Å². The second-order valence-corrected chi connectivity index (χ2v) is 12.8. The number of amides is 2. The van der Waals surface area contributed by atoms with Crippen molar-refractivity contribution < 1.29 is 9.59 Å². The van der Waals surface area contributed by atoms with Crippen molar-refractivity contribution in [2.24, 2.45) is 0 Å². The van der Waals surface area contributed by atoms with E-state index in [0.29, 0.717) is 13.1 Å². The van der Waals surface area contributed by atoms with Gasteiger partial charge in [0.05, 0.1) is 35.9 Å². The molecule has 6 rings (SSSR count). The Labute approximate surface area is 257 Å². The molecule has 2 aromatic carbocycles. The number of fused-ring (bicyclic) bond motifs is 1. The second kappa shape index (κ2) is 13.4. The summed E-state index contributed by atoms with van der Waals surface area (Å²) >= 11 is 1.54. The number of imidazole rings is 1. The van der Waals surface area contributed by atoms with Gasteiger partial charge in [-0.3, -0.25) is 14.5 Å². The van der Waals surface area contributed by atoms with E-state index in [1.54, 1.807) is 0 Å². The van der Waals surface area contributed by atoms with E-state index < -0.39 is 0 Å². The van der Waals surface area contributed by atoms with Gasteiger partial charge in [-0.15, -0.1) is 11.3 Å². The number of benzene rings is 2. The van der Waals surface area contributed by atoms with Crippen LogP contribution in [0.4, 0.5) is 0 Å². The fourth-order valence-electron chi connectivity index (χ4n) is 6.26. The van der Waals surface area contributed by atoms with E-state index in [-0.39, 0.29) is 30.7 Å². The largest absolute Gasteiger partial charge is 0.350 e. The van der Waals surface area contributed by atoms with Crippen molar-refractivity contribution in [2.45, 2.75) is 58.3 Å². The Morgan fingerprint density at radius 2 is 1.81 bits per heavy atom. The van der Waals surface area contributed by atoms with Crippen LogP contribution >= 0.6 is 11.3 Å². The number of thiazole rings is 1. The van der Waals surface area contributed by atoms with Gasteiger partial charge < -0.3 is 19.7 Å². The Morgan fingerprint density at radius 3 is 2.67 bits per heavy atom. The Kier molecular flexibility index (Phi) is 9.16. The Bertz CT molecular complexity index is 1570. The summed E-state index contributed by atoms with van der Waals surface area (Å²) in [6, 6.07) is 16.9. The molecule has 43 heavy (non-hydrogen) atoms. The van der Waals surface area contributed by atoms with Gasteiger partial charge >= 0.3 is 0 Å². The highest BCUT2D eigenvalue weighted by atomic mass is 32.1. The fourth-order valence-corrected chi connectivity index (χ4v) is 6.99. The average Bonchev–Trinajstić information content (AvgIpc) is 3.76. The molecule has 2 amide bonds. The Hall–Kier alpha value is -3.60. The van der Waals surface area contributed by atoms with Crippen molar-refractivity contribution >= 4 is 34.2 Å². The maximum Gasteiger partial charge on any atom is 0.223 e. The van der Waals surface area contributed by atoms with Crippen LogP contribution < -0.4 is 5.32 Å². The van der Waals surface area contributed by atoms with Crippen molar-refractivity contribution in [2.75, 3.05) is 39.8 Å². The molecule has 1 N–H and O–H groups in total. The average molecular weight is 600 g/mol. The molecule has 226 valence electrons. The van der Waals surface area contributed by atoms with Crippen LogP contribution in [0.2, 0.25) is 0 Å². The number of nitrogens with one attached hydrogen (secondary N) is 1. The summed E-state index contributed by atoms with van der Waals surface area (Å²) in [5.74, 6) is 0.889. The zero-order valence-electron chi connectivity index (χ0n) is 25.2. The Balaban J connectivity index is 0.977. The molecule has 1 unspecified atom stereocenters. The molecular weight excluding hydrogens is 558 g/mol. The highest BCUT2D eigenvalue weighted by Crippen LogP contribution is 2.33. The topological polar surface area (TPSA) is 86.6 Å². The molecule has 9 nitrogen and oxygen atoms in total. The minimum Gasteiger partial charge on any atom is -0.350 e. The molecular formula is C33H41N7O2S. The molecule has 0 saturated carbocycles. The van der Waals surface area contributed by atoms with Crippen LogP contribution in [0.15, 0.2) is 53.9 Å². The van der Waals surface area contributed by atoms with Crippen LogP contribution in [0.1, 0.15) is 59.4 Å². The van der Waals surface area contributed by atoms with Crippen LogP contribution in [0.3, 0.4) is 0 Å². The molecule has 0 radical (unpaired) electrons. The van der Waals surface area contributed by atoms with Gasteiger partial charge in [-0.25, -0.2) is 9.97 Å². The molecule has 4 heterocycles. The molecule has 1 atom stereocenters. The van der Waals surface area contributed by atoms with Gasteiger partial charge in [0, 0.05) is 57.5 Å². The Morgan fingerprint density at radius 1 is 0.977 bits per heavy atom. The second-order valence-electron chi connectivity index (χ2n) is 11.8. The normalized spacial score (nSPS) is 18.0. The molecule has 2 saturated heterocycles. The number of likely N-dealkylation sites (tertiary alicyclic amines) is 1. The fraction of sp³-hybridized carbons (Fsp3) is 0.455. The lowest BCUT2D eigenvalue weighted by Crippen LogP contribution is -2.43. The summed E-state index contributed by atoms with van der Waals surface area (Å²) < 4.78 is 2.16. The van der Waals surface area contributed by atoms with Crippen molar-refractivity contribution in [1.82, 2.24) is 34.6 Å². The van der Waals surface area contributed by atoms with Crippen LogP contribution in [0.25, 0.3) is 11.0 Å². The minimum absolute atomic E-state index is 0.0570. The van der Waals surface area contributed by atoms with E-state index in [1.165, 1.54) is 22.5 Å². The maximum absolute atomic E-state index is 13.2. The van der Waals surface area contributed by atoms with Gasteiger partial charge in [-0.05, 0) is 50.1 Å². The highest BCUT2D eigenvalue weighted by Gasteiger charge is 2.30. The van der Waals surface area contributed by atoms with Crippen molar-refractivity contribution in [3.63, 3.8) is 0 Å². The highest BCUT2D eigenvalue weighted by molar-refractivity contribution is 7.09. The SMILES string of the molecule is Cc1nc2ccccc2n1Cc1csc(CNC(=O)CCC(=O)N2CCCC2c2cccc(CN3CCN(C)CC3)c2)n1.